The molecule has 0 aromatic rings. The third-order valence-corrected chi connectivity index (χ3v) is 0.834. The molecule has 0 unspecified atom stereocenters. The second-order valence-electron chi connectivity index (χ2n) is 0.595. The molecule has 6 heavy (non-hydrogen) atoms. The van der Waals surface area contributed by atoms with Gasteiger partial charge in [-0.25, -0.2) is 0 Å². The molecule has 0 aromatic carbocycles. The van der Waals surface area contributed by atoms with Gasteiger partial charge in [-0.15, -0.1) is 0 Å². The molecule has 0 saturated carbocycles. The van der Waals surface area contributed by atoms with Crippen LogP contribution in [0.25, 0.3) is 0 Å². The van der Waals surface area contributed by atoms with E-state index in [-0.39, 0.29) is 0 Å². The fourth-order valence-corrected chi connectivity index (χ4v) is 0.0289. The first-order valence-electron chi connectivity index (χ1n) is 1.22. The zero-order valence-corrected chi connectivity index (χ0v) is 5.20. The van der Waals surface area contributed by atoms with E-state index >= 15 is 0 Å². The number of hydrogen-bond acceptors (Lipinski definition) is 2. The van der Waals surface area contributed by atoms with Gasteiger partial charge in [0.1, 0.15) is 0 Å². The van der Waals surface area contributed by atoms with Crippen molar-refractivity contribution in [2.75, 3.05) is 0 Å². The van der Waals surface area contributed by atoms with Gasteiger partial charge in [-0.3, -0.25) is 0 Å². The Labute approximate surface area is 46.5 Å². The van der Waals surface area contributed by atoms with Crippen molar-refractivity contribution in [1.82, 2.24) is 0 Å². The van der Waals surface area contributed by atoms with E-state index in [1.54, 1.807) is 31.0 Å². The van der Waals surface area contributed by atoms with Crippen molar-refractivity contribution < 1.29 is 18.9 Å². The minimum absolute atomic E-state index is 0.454. The van der Waals surface area contributed by atoms with Gasteiger partial charge in [-0.05, 0) is 0 Å². The molecule has 0 radical (unpaired) electrons. The van der Waals surface area contributed by atoms with Gasteiger partial charge in [0.15, 0.2) is 0 Å². The molecule has 0 fully saturated rings. The molecule has 0 heterocycles. The van der Waals surface area contributed by atoms with Gasteiger partial charge < -0.3 is 0 Å². The van der Waals surface area contributed by atoms with Crippen LogP contribution in [-0.2, 0) is 18.9 Å². The van der Waals surface area contributed by atoms with Gasteiger partial charge in [-0.2, -0.15) is 0 Å². The quantitative estimate of drug-likeness (QED) is 0.629. The summed E-state index contributed by atoms with van der Waals surface area (Å²) >= 11 is 1.56. The maximum atomic E-state index is 7.86. The van der Waals surface area contributed by atoms with E-state index in [4.69, 9.17) is 10.5 Å². The summed E-state index contributed by atoms with van der Waals surface area (Å²) in [5.41, 5.74) is 0. The van der Waals surface area contributed by atoms with Gasteiger partial charge in [0.05, 0.1) is 0 Å². The summed E-state index contributed by atoms with van der Waals surface area (Å²) in [7, 11) is 0. The van der Waals surface area contributed by atoms with Crippen LogP contribution in [0.3, 0.4) is 0 Å². The van der Waals surface area contributed by atoms with Gasteiger partial charge in [0, 0.05) is 0 Å². The van der Waals surface area contributed by atoms with Crippen LogP contribution in [-0.4, -0.2) is 0 Å². The van der Waals surface area contributed by atoms with Crippen molar-refractivity contribution in [2.24, 2.45) is 0 Å². The summed E-state index contributed by atoms with van der Waals surface area (Å²) < 4.78 is -0.454. The van der Waals surface area contributed by atoms with E-state index < -0.39 is 4.43 Å². The third kappa shape index (κ3) is 1.90. The monoisotopic (exact) mass is 258 g/mol. The summed E-state index contributed by atoms with van der Waals surface area (Å²) in [5.74, 6) is 0. The van der Waals surface area contributed by atoms with Gasteiger partial charge in [0.2, 0.25) is 0 Å². The molecular weight excluding hydrogens is 256 g/mol. The van der Waals surface area contributed by atoms with Crippen molar-refractivity contribution in [3.05, 3.63) is 0 Å². The number of hydrogen-bond donors (Lipinski definition) is 0. The van der Waals surface area contributed by atoms with Gasteiger partial charge in [-0.1, -0.05) is 0 Å². The van der Waals surface area contributed by atoms with Crippen LogP contribution < -0.4 is 0 Å². The fourth-order valence-electron chi connectivity index (χ4n) is 0.0289. The van der Waals surface area contributed by atoms with Gasteiger partial charge in [0.25, 0.3) is 0 Å². The molecule has 0 rings (SSSR count). The van der Waals surface area contributed by atoms with Crippen LogP contribution in [0.4, 0.5) is 0 Å². The molecule has 0 aromatic heterocycles. The Bertz CT molecular complexity index is 92.9. The van der Waals surface area contributed by atoms with Crippen LogP contribution in [0.2, 0.25) is 4.43 Å². The molecule has 0 aliphatic heterocycles. The molecule has 32 valence electrons. The Kier molecular flexibility index (Phi) is 2.67. The molecule has 0 aliphatic rings. The van der Waals surface area contributed by atoms with Crippen molar-refractivity contribution in [3.8, 4) is 12.1 Å². The first kappa shape index (κ1) is 5.63. The summed E-state index contributed by atoms with van der Waals surface area (Å²) in [6, 6.07) is 3.51. The zero-order valence-electron chi connectivity index (χ0n) is 2.81. The first-order chi connectivity index (χ1) is 2.81. The maximum absolute atomic E-state index is 7.86. The van der Waals surface area contributed by atoms with Crippen LogP contribution in [0.1, 0.15) is 0 Å². The predicted octanol–water partition coefficient (Wildman–Crippen LogP) is 0.369. The van der Waals surface area contributed by atoms with E-state index in [0.29, 0.717) is 0 Å². The van der Waals surface area contributed by atoms with E-state index in [0.717, 1.165) is 0 Å². The number of nitrogens with zero attached hydrogens (tertiary/aromatic N) is 2. The molecular formula is C3HIrN2. The molecule has 0 spiro atoms. The normalized spacial score (nSPS) is 6.83. The van der Waals surface area contributed by atoms with E-state index in [1.165, 1.54) is 0 Å². The Hall–Kier alpha value is -0.371. The second-order valence-corrected chi connectivity index (χ2v) is 1.98. The Morgan fingerprint density at radius 3 is 1.67 bits per heavy atom. The van der Waals surface area contributed by atoms with E-state index in [2.05, 4.69) is 0 Å². The van der Waals surface area contributed by atoms with Crippen LogP contribution in [0, 0.1) is 22.7 Å². The second kappa shape index (κ2) is 2.85. The van der Waals surface area contributed by atoms with E-state index in [9.17, 15) is 0 Å². The van der Waals surface area contributed by atoms with Crippen molar-refractivity contribution in [2.45, 2.75) is 4.43 Å². The average Bonchev–Trinajstić information content (AvgIpc) is 1.65. The topological polar surface area (TPSA) is 47.6 Å². The van der Waals surface area contributed by atoms with Gasteiger partial charge >= 0.3 is 46.0 Å². The van der Waals surface area contributed by atoms with E-state index in [1.807, 2.05) is 0 Å². The summed E-state index contributed by atoms with van der Waals surface area (Å²) in [4.78, 5) is 0. The molecule has 0 N–H and O–H groups in total. The van der Waals surface area contributed by atoms with Crippen molar-refractivity contribution in [3.63, 3.8) is 0 Å². The predicted molar refractivity (Wildman–Crippen MR) is 15.0 cm³/mol. The Morgan fingerprint density at radius 2 is 1.67 bits per heavy atom. The van der Waals surface area contributed by atoms with Crippen molar-refractivity contribution >= 4 is 0 Å². The Morgan fingerprint density at radius 1 is 1.33 bits per heavy atom. The summed E-state index contributed by atoms with van der Waals surface area (Å²) in [5, 5.41) is 15.7. The fraction of sp³-hybridized carbons (Fsp3) is 0.333. The summed E-state index contributed by atoms with van der Waals surface area (Å²) in [6.45, 7) is 0. The number of rotatable bonds is 0. The first-order valence-corrected chi connectivity index (χ1v) is 2.60. The third-order valence-electron chi connectivity index (χ3n) is 0.215. The average molecular weight is 257 g/mol. The van der Waals surface area contributed by atoms with Crippen LogP contribution in [0.5, 0.6) is 0 Å². The molecule has 0 bridgehead atoms. The minimum atomic E-state index is -0.454. The molecule has 3 heteroatoms. The van der Waals surface area contributed by atoms with Crippen molar-refractivity contribution in [1.29, 1.82) is 10.5 Å². The standard InChI is InChI=1S/C3HN2.Ir/c4-2-1-3-5;/h1H;. The number of nitriles is 2. The molecule has 0 saturated heterocycles. The van der Waals surface area contributed by atoms with Crippen LogP contribution >= 0.6 is 0 Å². The molecule has 2 nitrogen and oxygen atoms in total. The molecule has 0 atom stereocenters. The molecule has 0 aliphatic carbocycles. The molecule has 0 amide bonds. The Balaban J connectivity index is 3.40. The zero-order chi connectivity index (χ0) is 4.99. The van der Waals surface area contributed by atoms with Crippen LogP contribution in [0.15, 0.2) is 0 Å². The SMILES string of the molecule is N#C[CH]([Ir])C#N. The summed E-state index contributed by atoms with van der Waals surface area (Å²) in [6.07, 6.45) is 0.